The van der Waals surface area contributed by atoms with Crippen LogP contribution in [-0.4, -0.2) is 43.0 Å². The van der Waals surface area contributed by atoms with Gasteiger partial charge in [-0.05, 0) is 56.7 Å². The zero-order valence-corrected chi connectivity index (χ0v) is 15.0. The van der Waals surface area contributed by atoms with Gasteiger partial charge < -0.3 is 10.1 Å². The van der Waals surface area contributed by atoms with Crippen LogP contribution in [0.1, 0.15) is 49.8 Å². The van der Waals surface area contributed by atoms with Gasteiger partial charge in [-0.2, -0.15) is 0 Å². The predicted octanol–water partition coefficient (Wildman–Crippen LogP) is 2.46. The third-order valence-corrected chi connectivity index (χ3v) is 5.20. The van der Waals surface area contributed by atoms with Crippen LogP contribution in [0.4, 0.5) is 0 Å². The second kappa shape index (κ2) is 8.48. The van der Waals surface area contributed by atoms with E-state index in [1.165, 1.54) is 11.1 Å². The summed E-state index contributed by atoms with van der Waals surface area (Å²) in [6.45, 7) is 4.08. The summed E-state index contributed by atoms with van der Waals surface area (Å²) in [4.78, 5) is 26.5. The van der Waals surface area contributed by atoms with Crippen LogP contribution in [0.3, 0.4) is 0 Å². The summed E-state index contributed by atoms with van der Waals surface area (Å²) >= 11 is 0. The zero-order valence-electron chi connectivity index (χ0n) is 15.0. The molecule has 1 heterocycles. The van der Waals surface area contributed by atoms with Crippen LogP contribution in [0.15, 0.2) is 24.3 Å². The molecule has 0 unspecified atom stereocenters. The van der Waals surface area contributed by atoms with Crippen molar-refractivity contribution < 1.29 is 14.3 Å². The summed E-state index contributed by atoms with van der Waals surface area (Å²) in [5, 5.41) is 3.19. The fourth-order valence-corrected chi connectivity index (χ4v) is 4.00. The first-order chi connectivity index (χ1) is 12.2. The van der Waals surface area contributed by atoms with Crippen molar-refractivity contribution in [1.29, 1.82) is 0 Å². The van der Waals surface area contributed by atoms with Gasteiger partial charge in [0.05, 0.1) is 25.1 Å². The van der Waals surface area contributed by atoms with Gasteiger partial charge in [0.25, 0.3) is 0 Å². The SMILES string of the molecule is CCOC(=O)[C@@H]1CCCN(CC(=O)N[C@H]2CCCc3ccccc32)C1. The van der Waals surface area contributed by atoms with Crippen LogP contribution < -0.4 is 5.32 Å². The molecule has 1 amide bonds. The standard InChI is InChI=1S/C20H28N2O3/c1-2-25-20(24)16-9-6-12-22(13-16)14-19(23)21-18-11-5-8-15-7-3-4-10-17(15)18/h3-4,7,10,16,18H,2,5-6,8-9,11-14H2,1H3,(H,21,23)/t16-,18+/m1/s1. The van der Waals surface area contributed by atoms with Crippen LogP contribution in [0.5, 0.6) is 0 Å². The van der Waals surface area contributed by atoms with E-state index in [0.717, 1.165) is 38.6 Å². The lowest BCUT2D eigenvalue weighted by atomic mass is 9.88. The number of ether oxygens (including phenoxy) is 1. The van der Waals surface area contributed by atoms with Crippen LogP contribution in [0.2, 0.25) is 0 Å². The van der Waals surface area contributed by atoms with Gasteiger partial charge in [-0.15, -0.1) is 0 Å². The summed E-state index contributed by atoms with van der Waals surface area (Å²) < 4.78 is 5.13. The van der Waals surface area contributed by atoms with Gasteiger partial charge in [0, 0.05) is 6.54 Å². The highest BCUT2D eigenvalue weighted by Crippen LogP contribution is 2.29. The number of piperidine rings is 1. The predicted molar refractivity (Wildman–Crippen MR) is 96.1 cm³/mol. The third kappa shape index (κ3) is 4.60. The van der Waals surface area contributed by atoms with E-state index in [1.807, 2.05) is 13.0 Å². The minimum Gasteiger partial charge on any atom is -0.466 e. The number of likely N-dealkylation sites (tertiary alicyclic amines) is 1. The second-order valence-corrected chi connectivity index (χ2v) is 7.04. The van der Waals surface area contributed by atoms with Gasteiger partial charge in [-0.1, -0.05) is 24.3 Å². The molecule has 0 spiro atoms. The van der Waals surface area contributed by atoms with Crippen molar-refractivity contribution in [1.82, 2.24) is 10.2 Å². The Morgan fingerprint density at radius 3 is 2.92 bits per heavy atom. The fraction of sp³-hybridized carbons (Fsp3) is 0.600. The highest BCUT2D eigenvalue weighted by atomic mass is 16.5. The molecule has 1 saturated heterocycles. The molecule has 1 N–H and O–H groups in total. The Morgan fingerprint density at radius 2 is 2.08 bits per heavy atom. The number of amides is 1. The van der Waals surface area contributed by atoms with E-state index in [9.17, 15) is 9.59 Å². The van der Waals surface area contributed by atoms with E-state index in [-0.39, 0.29) is 23.8 Å². The summed E-state index contributed by atoms with van der Waals surface area (Å²) in [6.07, 6.45) is 4.98. The molecule has 5 nitrogen and oxygen atoms in total. The quantitative estimate of drug-likeness (QED) is 0.834. The van der Waals surface area contributed by atoms with Crippen molar-refractivity contribution in [3.05, 3.63) is 35.4 Å². The summed E-state index contributed by atoms with van der Waals surface area (Å²) in [7, 11) is 0. The topological polar surface area (TPSA) is 58.6 Å². The minimum atomic E-state index is -0.131. The van der Waals surface area contributed by atoms with Gasteiger partial charge in [0.15, 0.2) is 0 Å². The molecule has 1 aliphatic heterocycles. The van der Waals surface area contributed by atoms with Gasteiger partial charge >= 0.3 is 5.97 Å². The lowest BCUT2D eigenvalue weighted by Gasteiger charge is -2.32. The van der Waals surface area contributed by atoms with E-state index in [4.69, 9.17) is 4.74 Å². The van der Waals surface area contributed by atoms with E-state index < -0.39 is 0 Å². The molecule has 3 rings (SSSR count). The number of benzene rings is 1. The van der Waals surface area contributed by atoms with Crippen LogP contribution in [0.25, 0.3) is 0 Å². The Morgan fingerprint density at radius 1 is 1.24 bits per heavy atom. The molecule has 1 fully saturated rings. The zero-order chi connectivity index (χ0) is 17.6. The minimum absolute atomic E-state index is 0.0474. The maximum Gasteiger partial charge on any atom is 0.310 e. The number of carbonyl (C=O) groups is 2. The highest BCUT2D eigenvalue weighted by Gasteiger charge is 2.28. The van der Waals surface area contributed by atoms with Crippen molar-refractivity contribution >= 4 is 11.9 Å². The Labute approximate surface area is 149 Å². The molecule has 0 saturated carbocycles. The van der Waals surface area contributed by atoms with Crippen LogP contribution in [0, 0.1) is 5.92 Å². The first-order valence-electron chi connectivity index (χ1n) is 9.43. The smallest absolute Gasteiger partial charge is 0.310 e. The highest BCUT2D eigenvalue weighted by molar-refractivity contribution is 5.79. The van der Waals surface area contributed by atoms with Gasteiger partial charge in [-0.25, -0.2) is 0 Å². The number of aryl methyl sites for hydroxylation is 1. The molecule has 0 bridgehead atoms. The number of rotatable bonds is 5. The molecule has 136 valence electrons. The summed E-state index contributed by atoms with van der Waals surface area (Å²) in [6, 6.07) is 8.49. The van der Waals surface area contributed by atoms with E-state index in [1.54, 1.807) is 0 Å². The van der Waals surface area contributed by atoms with E-state index in [0.29, 0.717) is 19.7 Å². The molecule has 2 aliphatic rings. The molecule has 2 atom stereocenters. The third-order valence-electron chi connectivity index (χ3n) is 5.20. The van der Waals surface area contributed by atoms with Gasteiger partial charge in [0.2, 0.25) is 5.91 Å². The van der Waals surface area contributed by atoms with Crippen molar-refractivity contribution in [2.24, 2.45) is 5.92 Å². The maximum atomic E-state index is 12.5. The normalized spacial score (nSPS) is 23.6. The Bertz CT molecular complexity index is 617. The molecule has 1 aliphatic carbocycles. The molecular formula is C20H28N2O3. The van der Waals surface area contributed by atoms with E-state index in [2.05, 4.69) is 28.4 Å². The monoisotopic (exact) mass is 344 g/mol. The van der Waals surface area contributed by atoms with Crippen LogP contribution in [-0.2, 0) is 20.7 Å². The van der Waals surface area contributed by atoms with Gasteiger partial charge in [0.1, 0.15) is 0 Å². The molecule has 1 aromatic carbocycles. The number of hydrogen-bond acceptors (Lipinski definition) is 4. The number of nitrogens with zero attached hydrogens (tertiary/aromatic N) is 1. The number of esters is 1. The first-order valence-corrected chi connectivity index (χ1v) is 9.43. The molecule has 0 radical (unpaired) electrons. The average Bonchev–Trinajstić information content (AvgIpc) is 2.62. The number of nitrogens with one attached hydrogen (secondary N) is 1. The fourth-order valence-electron chi connectivity index (χ4n) is 4.00. The van der Waals surface area contributed by atoms with Crippen molar-refractivity contribution in [3.8, 4) is 0 Å². The molecular weight excluding hydrogens is 316 g/mol. The van der Waals surface area contributed by atoms with Crippen LogP contribution >= 0.6 is 0 Å². The van der Waals surface area contributed by atoms with Crippen molar-refractivity contribution in [2.45, 2.75) is 45.1 Å². The second-order valence-electron chi connectivity index (χ2n) is 7.04. The summed E-state index contributed by atoms with van der Waals surface area (Å²) in [5.74, 6) is -0.183. The van der Waals surface area contributed by atoms with Gasteiger partial charge in [-0.3, -0.25) is 14.5 Å². The average molecular weight is 344 g/mol. The maximum absolute atomic E-state index is 12.5. The number of hydrogen-bond donors (Lipinski definition) is 1. The number of fused-ring (bicyclic) bond motifs is 1. The molecule has 5 heteroatoms. The molecule has 0 aromatic heterocycles. The molecule has 25 heavy (non-hydrogen) atoms. The Kier molecular flexibility index (Phi) is 6.08. The molecule has 1 aromatic rings. The van der Waals surface area contributed by atoms with E-state index >= 15 is 0 Å². The van der Waals surface area contributed by atoms with Crippen molar-refractivity contribution in [2.75, 3.05) is 26.2 Å². The summed E-state index contributed by atoms with van der Waals surface area (Å²) in [5.41, 5.74) is 2.60. The van der Waals surface area contributed by atoms with Crippen molar-refractivity contribution in [3.63, 3.8) is 0 Å². The lowest BCUT2D eigenvalue weighted by molar-refractivity contribution is -0.150. The Hall–Kier alpha value is -1.88. The lowest BCUT2D eigenvalue weighted by Crippen LogP contribution is -2.45. The number of carbonyl (C=O) groups excluding carboxylic acids is 2. The largest absolute Gasteiger partial charge is 0.466 e. The first kappa shape index (κ1) is 17.9. The Balaban J connectivity index is 1.54.